The Bertz CT molecular complexity index is 401. The zero-order valence-corrected chi connectivity index (χ0v) is 15.8. The minimum absolute atomic E-state index is 0.178. The summed E-state index contributed by atoms with van der Waals surface area (Å²) in [4.78, 5) is 26.5. The van der Waals surface area contributed by atoms with Gasteiger partial charge in [-0.3, -0.25) is 9.80 Å². The highest BCUT2D eigenvalue weighted by Gasteiger charge is 2.32. The molecule has 146 valence electrons. The summed E-state index contributed by atoms with van der Waals surface area (Å²) >= 11 is 0. The molecular formula is C17H34N4O4. The number of hydrogen-bond donors (Lipinski definition) is 4. The summed E-state index contributed by atoms with van der Waals surface area (Å²) in [5.74, 6) is -2.63. The highest BCUT2D eigenvalue weighted by molar-refractivity contribution is 5.97. The molecule has 1 rings (SSSR count). The molecule has 1 aliphatic rings. The summed E-state index contributed by atoms with van der Waals surface area (Å²) < 4.78 is 0. The van der Waals surface area contributed by atoms with E-state index in [2.05, 4.69) is 36.3 Å². The number of nitrogens with zero attached hydrogens (tertiary/aromatic N) is 2. The van der Waals surface area contributed by atoms with Crippen LogP contribution in [0.5, 0.6) is 0 Å². The molecule has 0 radical (unpaired) electrons. The van der Waals surface area contributed by atoms with Gasteiger partial charge >= 0.3 is 11.9 Å². The average Bonchev–Trinajstić information content (AvgIpc) is 2.55. The van der Waals surface area contributed by atoms with Gasteiger partial charge in [0.25, 0.3) is 0 Å². The first kappa shape index (κ1) is 21.8. The van der Waals surface area contributed by atoms with Crippen molar-refractivity contribution in [1.82, 2.24) is 20.4 Å². The van der Waals surface area contributed by atoms with Gasteiger partial charge in [-0.1, -0.05) is 13.8 Å². The number of carbonyl (C=O) groups is 2. The van der Waals surface area contributed by atoms with Gasteiger partial charge in [-0.15, -0.1) is 0 Å². The van der Waals surface area contributed by atoms with E-state index in [0.29, 0.717) is 26.2 Å². The van der Waals surface area contributed by atoms with E-state index in [1.807, 2.05) is 0 Å². The van der Waals surface area contributed by atoms with Gasteiger partial charge in [0.15, 0.2) is 0 Å². The standard InChI is InChI=1S/C17H34N4O4/c1-4-17(3,5-2)21-12-8-18-6-10-20(11-7-19-9-13-21)14(15(22)23)16(24)25/h14,18-19H,4-13H2,1-3H3,(H,22,23)(H,24,25). The lowest BCUT2D eigenvalue weighted by atomic mass is 9.93. The normalized spacial score (nSPS) is 20.0. The lowest BCUT2D eigenvalue weighted by Gasteiger charge is -2.41. The molecule has 0 aromatic heterocycles. The van der Waals surface area contributed by atoms with Crippen molar-refractivity contribution >= 4 is 11.9 Å². The van der Waals surface area contributed by atoms with Crippen molar-refractivity contribution in [1.29, 1.82) is 0 Å². The monoisotopic (exact) mass is 358 g/mol. The highest BCUT2D eigenvalue weighted by atomic mass is 16.4. The van der Waals surface area contributed by atoms with Gasteiger partial charge in [0, 0.05) is 57.9 Å². The number of aliphatic carboxylic acids is 2. The number of carboxylic acids is 2. The Morgan fingerprint density at radius 1 is 0.920 bits per heavy atom. The average molecular weight is 358 g/mol. The highest BCUT2D eigenvalue weighted by Crippen LogP contribution is 2.22. The van der Waals surface area contributed by atoms with Gasteiger partial charge in [0.1, 0.15) is 0 Å². The van der Waals surface area contributed by atoms with Crippen molar-refractivity contribution in [3.63, 3.8) is 0 Å². The molecule has 0 aromatic carbocycles. The van der Waals surface area contributed by atoms with Crippen LogP contribution in [0.4, 0.5) is 0 Å². The SMILES string of the molecule is CCC(C)(CC)N1CCNCCN(C(C(=O)O)C(=O)O)CCNCC1. The van der Waals surface area contributed by atoms with Crippen LogP contribution in [-0.2, 0) is 9.59 Å². The Labute approximate surface area is 150 Å². The molecule has 4 N–H and O–H groups in total. The first-order chi connectivity index (χ1) is 11.9. The molecule has 8 nitrogen and oxygen atoms in total. The van der Waals surface area contributed by atoms with Crippen molar-refractivity contribution in [2.75, 3.05) is 52.4 Å². The molecule has 0 aromatic rings. The molecule has 0 saturated carbocycles. The molecule has 25 heavy (non-hydrogen) atoms. The van der Waals surface area contributed by atoms with Crippen molar-refractivity contribution in [3.05, 3.63) is 0 Å². The molecule has 0 spiro atoms. The maximum absolute atomic E-state index is 11.3. The summed E-state index contributed by atoms with van der Waals surface area (Å²) in [5, 5.41) is 25.0. The lowest BCUT2D eigenvalue weighted by molar-refractivity contribution is -0.156. The van der Waals surface area contributed by atoms with Crippen LogP contribution in [0.2, 0.25) is 0 Å². The Morgan fingerprint density at radius 3 is 1.68 bits per heavy atom. The predicted molar refractivity (Wildman–Crippen MR) is 96.9 cm³/mol. The number of hydrogen-bond acceptors (Lipinski definition) is 6. The molecule has 8 heteroatoms. The van der Waals surface area contributed by atoms with Gasteiger partial charge in [-0.25, -0.2) is 9.59 Å². The molecule has 1 saturated heterocycles. The van der Waals surface area contributed by atoms with Gasteiger partial charge in [-0.05, 0) is 19.8 Å². The second-order valence-corrected chi connectivity index (χ2v) is 6.81. The van der Waals surface area contributed by atoms with Crippen molar-refractivity contribution in [3.8, 4) is 0 Å². The molecule has 1 heterocycles. The van der Waals surface area contributed by atoms with Crippen LogP contribution >= 0.6 is 0 Å². The fraction of sp³-hybridized carbons (Fsp3) is 0.882. The third-order valence-corrected chi connectivity index (χ3v) is 5.39. The predicted octanol–water partition coefficient (Wildman–Crippen LogP) is -0.100. The maximum atomic E-state index is 11.3. The van der Waals surface area contributed by atoms with E-state index in [9.17, 15) is 19.8 Å². The van der Waals surface area contributed by atoms with E-state index in [-0.39, 0.29) is 5.54 Å². The Kier molecular flexibility index (Phi) is 9.34. The Hall–Kier alpha value is -1.22. The number of nitrogens with one attached hydrogen (secondary N) is 2. The summed E-state index contributed by atoms with van der Waals surface area (Å²) in [7, 11) is 0. The largest absolute Gasteiger partial charge is 0.480 e. The van der Waals surface area contributed by atoms with Crippen LogP contribution in [0.25, 0.3) is 0 Å². The molecule has 0 atom stereocenters. The first-order valence-electron chi connectivity index (χ1n) is 9.22. The maximum Gasteiger partial charge on any atom is 0.332 e. The number of carboxylic acid groups (broad SMARTS) is 2. The summed E-state index contributed by atoms with van der Waals surface area (Å²) in [6, 6.07) is -1.49. The third-order valence-electron chi connectivity index (χ3n) is 5.39. The van der Waals surface area contributed by atoms with E-state index >= 15 is 0 Å². The van der Waals surface area contributed by atoms with Crippen LogP contribution in [0.15, 0.2) is 0 Å². The molecule has 0 amide bonds. The van der Waals surface area contributed by atoms with Crippen molar-refractivity contribution < 1.29 is 19.8 Å². The zero-order valence-electron chi connectivity index (χ0n) is 15.8. The second kappa shape index (κ2) is 10.7. The van der Waals surface area contributed by atoms with Gasteiger partial charge < -0.3 is 20.8 Å². The second-order valence-electron chi connectivity index (χ2n) is 6.81. The minimum Gasteiger partial charge on any atom is -0.480 e. The fourth-order valence-electron chi connectivity index (χ4n) is 3.26. The molecular weight excluding hydrogens is 324 g/mol. The molecule has 1 fully saturated rings. The van der Waals surface area contributed by atoms with E-state index in [1.165, 1.54) is 4.90 Å². The van der Waals surface area contributed by atoms with Gasteiger partial charge in [0.2, 0.25) is 6.04 Å². The van der Waals surface area contributed by atoms with Crippen LogP contribution in [0.1, 0.15) is 33.6 Å². The molecule has 0 bridgehead atoms. The van der Waals surface area contributed by atoms with Crippen molar-refractivity contribution in [2.24, 2.45) is 0 Å². The van der Waals surface area contributed by atoms with Gasteiger partial charge in [-0.2, -0.15) is 0 Å². The van der Waals surface area contributed by atoms with Crippen molar-refractivity contribution in [2.45, 2.75) is 45.2 Å². The lowest BCUT2D eigenvalue weighted by Crippen LogP contribution is -2.54. The van der Waals surface area contributed by atoms with E-state index in [0.717, 1.165) is 39.0 Å². The quantitative estimate of drug-likeness (QED) is 0.488. The third kappa shape index (κ3) is 6.54. The van der Waals surface area contributed by atoms with Crippen LogP contribution in [0, 0.1) is 0 Å². The minimum atomic E-state index is -1.49. The summed E-state index contributed by atoms with van der Waals surface area (Å²) in [6.07, 6.45) is 2.19. The summed E-state index contributed by atoms with van der Waals surface area (Å²) in [5.41, 5.74) is 0.178. The van der Waals surface area contributed by atoms with Gasteiger partial charge in [0.05, 0.1) is 0 Å². The van der Waals surface area contributed by atoms with E-state index in [4.69, 9.17) is 0 Å². The molecule has 0 aliphatic carbocycles. The van der Waals surface area contributed by atoms with Crippen LogP contribution in [-0.4, -0.2) is 95.9 Å². The molecule has 1 aliphatic heterocycles. The van der Waals surface area contributed by atoms with Crippen LogP contribution < -0.4 is 10.6 Å². The first-order valence-corrected chi connectivity index (χ1v) is 9.22. The Balaban J connectivity index is 2.69. The van der Waals surface area contributed by atoms with E-state index in [1.54, 1.807) is 0 Å². The smallest absolute Gasteiger partial charge is 0.332 e. The van der Waals surface area contributed by atoms with E-state index < -0.39 is 18.0 Å². The topological polar surface area (TPSA) is 105 Å². The zero-order chi connectivity index (χ0) is 18.9. The Morgan fingerprint density at radius 2 is 1.32 bits per heavy atom. The summed E-state index contributed by atoms with van der Waals surface area (Å²) in [6.45, 7) is 12.1. The molecule has 0 unspecified atom stereocenters. The number of rotatable bonds is 6. The fourth-order valence-corrected chi connectivity index (χ4v) is 3.26. The van der Waals surface area contributed by atoms with Crippen LogP contribution in [0.3, 0.4) is 0 Å².